The van der Waals surface area contributed by atoms with Crippen LogP contribution in [0.5, 0.6) is 11.5 Å². The van der Waals surface area contributed by atoms with Crippen molar-refractivity contribution in [2.24, 2.45) is 0 Å². The first-order chi connectivity index (χ1) is 13.1. The average molecular weight is 449 g/mol. The van der Waals surface area contributed by atoms with Crippen LogP contribution in [0.4, 0.5) is 11.4 Å². The van der Waals surface area contributed by atoms with E-state index in [0.717, 1.165) is 0 Å². The van der Waals surface area contributed by atoms with Crippen molar-refractivity contribution in [1.29, 1.82) is 0 Å². The summed E-state index contributed by atoms with van der Waals surface area (Å²) in [5.74, 6) is 0.644. The van der Waals surface area contributed by atoms with Crippen molar-refractivity contribution >= 4 is 42.2 Å². The fourth-order valence-electron chi connectivity index (χ4n) is 2.19. The molecule has 0 aliphatic rings. The normalized spacial score (nSPS) is 14.2. The quantitative estimate of drug-likeness (QED) is 0.207. The Labute approximate surface area is 172 Å². The smallest absolute Gasteiger partial charge is 0.329 e. The number of halogens is 2. The molecule has 0 aliphatic heterocycles. The summed E-state index contributed by atoms with van der Waals surface area (Å²) >= 11 is 12.0. The van der Waals surface area contributed by atoms with E-state index in [1.54, 1.807) is 19.1 Å². The third kappa shape index (κ3) is 6.09. The highest BCUT2D eigenvalue weighted by atomic mass is 35.5. The van der Waals surface area contributed by atoms with Gasteiger partial charge in [-0.1, -0.05) is 30.1 Å². The summed E-state index contributed by atoms with van der Waals surface area (Å²) in [4.78, 5) is 10.8. The largest absolute Gasteiger partial charge is 0.456 e. The Morgan fingerprint density at radius 3 is 2.54 bits per heavy atom. The van der Waals surface area contributed by atoms with Crippen LogP contribution < -0.4 is 10.1 Å². The van der Waals surface area contributed by atoms with E-state index in [1.807, 2.05) is 0 Å². The van der Waals surface area contributed by atoms with Crippen molar-refractivity contribution in [1.82, 2.24) is 0 Å². The topological polar surface area (TPSA) is 99.9 Å². The standard InChI is InChI=1S/C17H19Cl2N2O6P/c1-4-17(27-28(3,24)25-2)20-14-10-12(6-7-15(14)21(22)23)26-16-8-5-11(18)9-13(16)19/h5-10,17,20H,4H2,1-3H3. The van der Waals surface area contributed by atoms with Crippen molar-refractivity contribution in [3.8, 4) is 11.5 Å². The second-order valence-electron chi connectivity index (χ2n) is 5.71. The van der Waals surface area contributed by atoms with E-state index in [-0.39, 0.29) is 11.4 Å². The number of hydrogen-bond donors (Lipinski definition) is 1. The predicted molar refractivity (Wildman–Crippen MR) is 109 cm³/mol. The maximum absolute atomic E-state index is 12.1. The zero-order valence-corrected chi connectivity index (χ0v) is 17.8. The second-order valence-corrected chi connectivity index (χ2v) is 8.68. The van der Waals surface area contributed by atoms with Gasteiger partial charge in [0.05, 0.1) is 9.95 Å². The summed E-state index contributed by atoms with van der Waals surface area (Å²) < 4.78 is 28.0. The fraction of sp³-hybridized carbons (Fsp3) is 0.294. The summed E-state index contributed by atoms with van der Waals surface area (Å²) in [6.45, 7) is 3.08. The molecule has 0 aliphatic carbocycles. The number of benzene rings is 2. The molecular weight excluding hydrogens is 430 g/mol. The molecule has 0 bridgehead atoms. The van der Waals surface area contributed by atoms with Crippen LogP contribution in [0.3, 0.4) is 0 Å². The molecule has 0 fully saturated rings. The number of ether oxygens (including phenoxy) is 1. The van der Waals surface area contributed by atoms with Crippen LogP contribution in [0, 0.1) is 10.1 Å². The van der Waals surface area contributed by atoms with Gasteiger partial charge in [0.2, 0.25) is 0 Å². The fourth-order valence-corrected chi connectivity index (χ4v) is 3.39. The highest BCUT2D eigenvalue weighted by Crippen LogP contribution is 2.45. The monoisotopic (exact) mass is 448 g/mol. The lowest BCUT2D eigenvalue weighted by Crippen LogP contribution is -2.21. The van der Waals surface area contributed by atoms with Crippen molar-refractivity contribution < 1.29 is 23.3 Å². The van der Waals surface area contributed by atoms with E-state index < -0.39 is 18.7 Å². The predicted octanol–water partition coefficient (Wildman–Crippen LogP) is 6.33. The van der Waals surface area contributed by atoms with Gasteiger partial charge in [0.15, 0.2) is 0 Å². The Kier molecular flexibility index (Phi) is 7.69. The third-order valence-corrected chi connectivity index (χ3v) is 5.46. The Morgan fingerprint density at radius 1 is 1.25 bits per heavy atom. The number of anilines is 1. The van der Waals surface area contributed by atoms with E-state index in [2.05, 4.69) is 5.32 Å². The molecule has 0 spiro atoms. The lowest BCUT2D eigenvalue weighted by molar-refractivity contribution is -0.384. The maximum Gasteiger partial charge on any atom is 0.329 e. The SMILES string of the molecule is CCC(Nc1cc(Oc2ccc(Cl)cc2Cl)ccc1[N+](=O)[O-])OP(C)(=O)OC. The highest BCUT2D eigenvalue weighted by molar-refractivity contribution is 7.52. The molecule has 2 aromatic rings. The molecule has 152 valence electrons. The summed E-state index contributed by atoms with van der Waals surface area (Å²) in [5, 5.41) is 15.0. The number of hydrogen-bond acceptors (Lipinski definition) is 7. The van der Waals surface area contributed by atoms with Gasteiger partial charge in [0.1, 0.15) is 23.4 Å². The first kappa shape index (κ1) is 22.5. The van der Waals surface area contributed by atoms with Crippen molar-refractivity contribution in [2.45, 2.75) is 19.6 Å². The van der Waals surface area contributed by atoms with Crippen molar-refractivity contribution in [3.05, 3.63) is 56.6 Å². The van der Waals surface area contributed by atoms with E-state index in [0.29, 0.717) is 28.0 Å². The zero-order chi connectivity index (χ0) is 20.9. The number of rotatable bonds is 9. The van der Waals surface area contributed by atoms with E-state index in [4.69, 9.17) is 37.0 Å². The molecule has 0 radical (unpaired) electrons. The number of nitro benzene ring substituents is 1. The van der Waals surface area contributed by atoms with Gasteiger partial charge >= 0.3 is 7.60 Å². The van der Waals surface area contributed by atoms with Crippen LogP contribution in [0.15, 0.2) is 36.4 Å². The third-order valence-electron chi connectivity index (χ3n) is 3.62. The van der Waals surface area contributed by atoms with Gasteiger partial charge in [-0.05, 0) is 30.7 Å². The first-order valence-electron chi connectivity index (χ1n) is 8.14. The lowest BCUT2D eigenvalue weighted by Gasteiger charge is -2.22. The van der Waals surface area contributed by atoms with Crippen LogP contribution in [0.25, 0.3) is 0 Å². The molecule has 0 amide bonds. The van der Waals surface area contributed by atoms with E-state index in [9.17, 15) is 14.7 Å². The van der Waals surface area contributed by atoms with E-state index in [1.165, 1.54) is 38.0 Å². The molecule has 2 atom stereocenters. The van der Waals surface area contributed by atoms with Crippen LogP contribution in [-0.2, 0) is 13.6 Å². The Hall–Kier alpha value is -1.83. The molecule has 1 N–H and O–H groups in total. The molecule has 2 unspecified atom stereocenters. The van der Waals surface area contributed by atoms with Crippen LogP contribution in [-0.4, -0.2) is 24.9 Å². The minimum atomic E-state index is -3.29. The molecule has 2 aromatic carbocycles. The Bertz CT molecular complexity index is 911. The summed E-state index contributed by atoms with van der Waals surface area (Å²) in [6.07, 6.45) is -0.393. The van der Waals surface area contributed by atoms with Crippen LogP contribution >= 0.6 is 30.8 Å². The highest BCUT2D eigenvalue weighted by Gasteiger charge is 2.24. The van der Waals surface area contributed by atoms with Crippen LogP contribution in [0.1, 0.15) is 13.3 Å². The van der Waals surface area contributed by atoms with Gasteiger partial charge in [-0.15, -0.1) is 0 Å². The van der Waals surface area contributed by atoms with E-state index >= 15 is 0 Å². The minimum Gasteiger partial charge on any atom is -0.456 e. The first-order valence-corrected chi connectivity index (χ1v) is 10.9. The summed E-state index contributed by atoms with van der Waals surface area (Å²) in [5.41, 5.74) is -0.0597. The van der Waals surface area contributed by atoms with Gasteiger partial charge in [0.25, 0.3) is 5.69 Å². The molecule has 0 heterocycles. The van der Waals surface area contributed by atoms with Gasteiger partial charge in [0, 0.05) is 30.9 Å². The van der Waals surface area contributed by atoms with Gasteiger partial charge in [-0.3, -0.25) is 19.2 Å². The maximum atomic E-state index is 12.1. The van der Waals surface area contributed by atoms with Gasteiger partial charge < -0.3 is 14.6 Å². The lowest BCUT2D eigenvalue weighted by atomic mass is 10.2. The summed E-state index contributed by atoms with van der Waals surface area (Å²) in [7, 11) is -2.03. The van der Waals surface area contributed by atoms with Crippen molar-refractivity contribution in [2.75, 3.05) is 19.1 Å². The Morgan fingerprint density at radius 2 is 1.96 bits per heavy atom. The second kappa shape index (κ2) is 9.58. The molecule has 0 aromatic heterocycles. The number of nitrogens with one attached hydrogen (secondary N) is 1. The molecule has 0 saturated heterocycles. The van der Waals surface area contributed by atoms with Gasteiger partial charge in [-0.2, -0.15) is 0 Å². The molecule has 28 heavy (non-hydrogen) atoms. The van der Waals surface area contributed by atoms with Crippen LogP contribution in [0.2, 0.25) is 10.0 Å². The molecule has 0 saturated carbocycles. The molecule has 11 heteroatoms. The van der Waals surface area contributed by atoms with Crippen molar-refractivity contribution in [3.63, 3.8) is 0 Å². The minimum absolute atomic E-state index is 0.135. The summed E-state index contributed by atoms with van der Waals surface area (Å²) in [6, 6.07) is 8.88. The Balaban J connectivity index is 2.32. The van der Waals surface area contributed by atoms with Gasteiger partial charge in [-0.25, -0.2) is 0 Å². The molecule has 8 nitrogen and oxygen atoms in total. The molecule has 2 rings (SSSR count). The average Bonchev–Trinajstić information content (AvgIpc) is 2.63. The number of nitrogens with zero attached hydrogens (tertiary/aromatic N) is 1. The molecular formula is C17H19Cl2N2O6P. The number of nitro groups is 1. The zero-order valence-electron chi connectivity index (χ0n) is 15.3.